The fourth-order valence-corrected chi connectivity index (χ4v) is 3.88. The molecule has 0 fully saturated rings. The highest BCUT2D eigenvalue weighted by molar-refractivity contribution is 5.92. The Labute approximate surface area is 168 Å². The molecular weight excluding hydrogens is 366 g/mol. The van der Waals surface area contributed by atoms with Gasteiger partial charge in [-0.05, 0) is 48.1 Å². The van der Waals surface area contributed by atoms with Crippen LogP contribution in [-0.2, 0) is 13.0 Å². The number of aromatic nitrogens is 2. The number of carboxylic acid groups (broad SMARTS) is 1. The van der Waals surface area contributed by atoms with E-state index in [1.165, 1.54) is 18.0 Å². The zero-order valence-corrected chi connectivity index (χ0v) is 15.9. The van der Waals surface area contributed by atoms with Crippen LogP contribution in [0.4, 0.5) is 0 Å². The monoisotopic (exact) mass is 387 g/mol. The Balaban J connectivity index is 1.70. The minimum Gasteiger partial charge on any atom is -0.478 e. The summed E-state index contributed by atoms with van der Waals surface area (Å²) in [4.78, 5) is 34.6. The van der Waals surface area contributed by atoms with E-state index in [-0.39, 0.29) is 17.5 Å². The van der Waals surface area contributed by atoms with Crippen molar-refractivity contribution in [3.05, 3.63) is 95.1 Å². The Morgan fingerprint density at radius 2 is 1.86 bits per heavy atom. The molecule has 0 saturated carbocycles. The summed E-state index contributed by atoms with van der Waals surface area (Å²) < 4.78 is 0. The molecule has 1 aliphatic rings. The van der Waals surface area contributed by atoms with Crippen LogP contribution in [0.5, 0.6) is 0 Å². The number of rotatable bonds is 5. The summed E-state index contributed by atoms with van der Waals surface area (Å²) in [5, 5.41) is 9.13. The highest BCUT2D eigenvalue weighted by atomic mass is 16.4. The maximum atomic E-state index is 13.4. The molecule has 0 spiro atoms. The van der Waals surface area contributed by atoms with Crippen LogP contribution < -0.4 is 0 Å². The second kappa shape index (κ2) is 8.22. The first kappa shape index (κ1) is 18.8. The molecule has 2 aromatic carbocycles. The lowest BCUT2D eigenvalue weighted by Crippen LogP contribution is -2.36. The van der Waals surface area contributed by atoms with Crippen LogP contribution in [0.2, 0.25) is 0 Å². The van der Waals surface area contributed by atoms with Crippen LogP contribution in [0.15, 0.2) is 67.1 Å². The zero-order valence-electron chi connectivity index (χ0n) is 15.9. The van der Waals surface area contributed by atoms with Gasteiger partial charge in [-0.15, -0.1) is 0 Å². The van der Waals surface area contributed by atoms with Gasteiger partial charge < -0.3 is 10.0 Å². The van der Waals surface area contributed by atoms with Gasteiger partial charge in [0, 0.05) is 18.9 Å². The Morgan fingerprint density at radius 3 is 2.59 bits per heavy atom. The third-order valence-corrected chi connectivity index (χ3v) is 5.31. The highest BCUT2D eigenvalue weighted by Crippen LogP contribution is 2.35. The Bertz CT molecular complexity index is 1020. The average Bonchev–Trinajstić information content (AvgIpc) is 2.77. The second-order valence-electron chi connectivity index (χ2n) is 7.13. The molecule has 29 heavy (non-hydrogen) atoms. The Morgan fingerprint density at radius 1 is 1.07 bits per heavy atom. The van der Waals surface area contributed by atoms with E-state index in [4.69, 9.17) is 5.11 Å². The number of carboxylic acids is 1. The third kappa shape index (κ3) is 4.01. The van der Waals surface area contributed by atoms with E-state index in [1.807, 2.05) is 17.0 Å². The van der Waals surface area contributed by atoms with Crippen molar-refractivity contribution in [3.8, 4) is 0 Å². The summed E-state index contributed by atoms with van der Waals surface area (Å²) in [7, 11) is 0. The molecule has 1 aliphatic carbocycles. The summed E-state index contributed by atoms with van der Waals surface area (Å²) in [6.45, 7) is 0.369. The summed E-state index contributed by atoms with van der Waals surface area (Å²) in [5.41, 5.74) is 3.83. The topological polar surface area (TPSA) is 83.4 Å². The maximum Gasteiger partial charge on any atom is 0.335 e. The molecule has 0 radical (unpaired) electrons. The van der Waals surface area contributed by atoms with Crippen LogP contribution in [-0.4, -0.2) is 31.9 Å². The van der Waals surface area contributed by atoms with Crippen LogP contribution >= 0.6 is 0 Å². The maximum absolute atomic E-state index is 13.4. The lowest BCUT2D eigenvalue weighted by atomic mass is 9.86. The molecule has 1 aromatic heterocycles. The largest absolute Gasteiger partial charge is 0.478 e. The van der Waals surface area contributed by atoms with Crippen molar-refractivity contribution in [2.45, 2.75) is 31.8 Å². The van der Waals surface area contributed by atoms with Gasteiger partial charge in [-0.3, -0.25) is 9.78 Å². The van der Waals surface area contributed by atoms with E-state index < -0.39 is 5.97 Å². The molecule has 1 atom stereocenters. The molecule has 6 nitrogen and oxygen atoms in total. The second-order valence-corrected chi connectivity index (χ2v) is 7.13. The van der Waals surface area contributed by atoms with E-state index in [0.29, 0.717) is 12.2 Å². The smallest absolute Gasteiger partial charge is 0.335 e. The van der Waals surface area contributed by atoms with Crippen molar-refractivity contribution < 1.29 is 14.7 Å². The van der Waals surface area contributed by atoms with E-state index in [1.54, 1.807) is 30.5 Å². The van der Waals surface area contributed by atoms with Gasteiger partial charge >= 0.3 is 5.97 Å². The first-order valence-electron chi connectivity index (χ1n) is 9.60. The summed E-state index contributed by atoms with van der Waals surface area (Å²) in [6.07, 6.45) is 7.42. The number of aromatic carboxylic acids is 1. The van der Waals surface area contributed by atoms with Crippen LogP contribution in [0.25, 0.3) is 0 Å². The minimum absolute atomic E-state index is 0.0615. The Hall–Kier alpha value is -3.54. The minimum atomic E-state index is -0.967. The number of benzene rings is 2. The molecule has 1 N–H and O–H groups in total. The van der Waals surface area contributed by atoms with E-state index in [0.717, 1.165) is 30.4 Å². The van der Waals surface area contributed by atoms with Crippen LogP contribution in [0.3, 0.4) is 0 Å². The average molecular weight is 387 g/mol. The summed E-state index contributed by atoms with van der Waals surface area (Å²) in [6, 6.07) is 14.8. The van der Waals surface area contributed by atoms with Crippen molar-refractivity contribution in [2.75, 3.05) is 0 Å². The van der Waals surface area contributed by atoms with E-state index in [9.17, 15) is 9.59 Å². The SMILES string of the molecule is O=C(O)c1ccc(CN(C(=O)c2cnccn2)C2CCCc3ccccc32)cc1. The number of aryl methyl sites for hydroxylation is 1. The molecule has 6 heteroatoms. The van der Waals surface area contributed by atoms with Gasteiger partial charge in [-0.25, -0.2) is 9.78 Å². The van der Waals surface area contributed by atoms with Crippen molar-refractivity contribution in [1.82, 2.24) is 14.9 Å². The molecule has 1 unspecified atom stereocenters. The van der Waals surface area contributed by atoms with E-state index >= 15 is 0 Å². The number of nitrogens with zero attached hydrogens (tertiary/aromatic N) is 3. The number of fused-ring (bicyclic) bond motifs is 1. The molecule has 0 bridgehead atoms. The molecule has 1 amide bonds. The number of amides is 1. The zero-order chi connectivity index (χ0) is 20.2. The Kier molecular flexibility index (Phi) is 5.33. The van der Waals surface area contributed by atoms with Gasteiger partial charge in [0.1, 0.15) is 5.69 Å². The van der Waals surface area contributed by atoms with Gasteiger partial charge in [-0.1, -0.05) is 36.4 Å². The lowest BCUT2D eigenvalue weighted by molar-refractivity contribution is 0.0629. The van der Waals surface area contributed by atoms with Gasteiger partial charge in [0.05, 0.1) is 17.8 Å². The molecular formula is C23H21N3O3. The number of hydrogen-bond acceptors (Lipinski definition) is 4. The lowest BCUT2D eigenvalue weighted by Gasteiger charge is -2.36. The summed E-state index contributed by atoms with van der Waals surface area (Å²) >= 11 is 0. The normalized spacial score (nSPS) is 15.4. The summed E-state index contributed by atoms with van der Waals surface area (Å²) in [5.74, 6) is -1.15. The number of carbonyl (C=O) groups is 2. The fourth-order valence-electron chi connectivity index (χ4n) is 3.88. The van der Waals surface area contributed by atoms with Gasteiger partial charge in [0.2, 0.25) is 0 Å². The molecule has 3 aromatic rings. The van der Waals surface area contributed by atoms with Crippen LogP contribution in [0.1, 0.15) is 56.4 Å². The molecule has 146 valence electrons. The standard InChI is InChI=1S/C23H21N3O3/c27-22(20-14-24-12-13-25-20)26(15-16-8-10-18(11-9-16)23(28)29)21-7-3-5-17-4-1-2-6-19(17)21/h1-2,4,6,8-14,21H,3,5,7,15H2,(H,28,29). The quantitative estimate of drug-likeness (QED) is 0.718. The molecule has 0 aliphatic heterocycles. The first-order chi connectivity index (χ1) is 14.1. The van der Waals surface area contributed by atoms with Crippen molar-refractivity contribution >= 4 is 11.9 Å². The first-order valence-corrected chi connectivity index (χ1v) is 9.60. The fraction of sp³-hybridized carbons (Fsp3) is 0.217. The van der Waals surface area contributed by atoms with Crippen molar-refractivity contribution in [2.24, 2.45) is 0 Å². The van der Waals surface area contributed by atoms with Crippen molar-refractivity contribution in [1.29, 1.82) is 0 Å². The predicted molar refractivity (Wildman–Crippen MR) is 107 cm³/mol. The third-order valence-electron chi connectivity index (χ3n) is 5.31. The van der Waals surface area contributed by atoms with Gasteiger partial charge in [-0.2, -0.15) is 0 Å². The van der Waals surface area contributed by atoms with Gasteiger partial charge in [0.15, 0.2) is 0 Å². The number of hydrogen-bond donors (Lipinski definition) is 1. The molecule has 1 heterocycles. The van der Waals surface area contributed by atoms with Crippen LogP contribution in [0, 0.1) is 0 Å². The highest BCUT2D eigenvalue weighted by Gasteiger charge is 2.30. The number of carbonyl (C=O) groups excluding carboxylic acids is 1. The van der Waals surface area contributed by atoms with E-state index in [2.05, 4.69) is 22.1 Å². The molecule has 4 rings (SSSR count). The molecule has 0 saturated heterocycles. The van der Waals surface area contributed by atoms with Crippen molar-refractivity contribution in [3.63, 3.8) is 0 Å². The van der Waals surface area contributed by atoms with Gasteiger partial charge in [0.25, 0.3) is 5.91 Å². The predicted octanol–water partition coefficient (Wildman–Crippen LogP) is 3.89.